The number of carbonyl (C=O) groups is 2. The third-order valence-corrected chi connectivity index (χ3v) is 6.86. The smallest absolute Gasteiger partial charge is 0.287 e. The number of furan rings is 1. The third-order valence-electron chi connectivity index (χ3n) is 6.86. The largest absolute Gasteiger partial charge is 0.491 e. The molecule has 34 heavy (non-hydrogen) atoms. The first-order valence-electron chi connectivity index (χ1n) is 12.2. The van der Waals surface area contributed by atoms with Gasteiger partial charge in [0, 0.05) is 17.5 Å². The van der Waals surface area contributed by atoms with Crippen molar-refractivity contribution in [2.45, 2.75) is 77.5 Å². The second-order valence-corrected chi connectivity index (χ2v) is 9.81. The van der Waals surface area contributed by atoms with E-state index in [4.69, 9.17) is 13.9 Å². The Morgan fingerprint density at radius 2 is 1.82 bits per heavy atom. The number of carbonyl (C=O) groups excluding carboxylic acids is 2. The van der Waals surface area contributed by atoms with Gasteiger partial charge in [-0.2, -0.15) is 0 Å². The fourth-order valence-corrected chi connectivity index (χ4v) is 5.25. The highest BCUT2D eigenvalue weighted by Gasteiger charge is 2.42. The molecule has 0 radical (unpaired) electrons. The second-order valence-electron chi connectivity index (χ2n) is 9.81. The molecule has 1 N–H and O–H groups in total. The fourth-order valence-electron chi connectivity index (χ4n) is 5.25. The number of Topliss-reactive ketones (excluding diaryl/α,β-unsaturated/α-hetero) is 1. The van der Waals surface area contributed by atoms with Gasteiger partial charge in [-0.25, -0.2) is 0 Å². The predicted octanol–water partition coefficient (Wildman–Crippen LogP) is 6.13. The molecular formula is C28H31NO5. The SMILES string of the molecule is Cc1c(C(=O)NCc2ccc(OC(C)C)cc2)oc2ccc3c(c12)C(=O)CC1(CCCCC1)O3. The van der Waals surface area contributed by atoms with Gasteiger partial charge in [-0.05, 0) is 76.3 Å². The van der Waals surface area contributed by atoms with Crippen LogP contribution in [0.15, 0.2) is 40.8 Å². The van der Waals surface area contributed by atoms with Crippen molar-refractivity contribution in [3.8, 4) is 11.5 Å². The summed E-state index contributed by atoms with van der Waals surface area (Å²) in [7, 11) is 0. The van der Waals surface area contributed by atoms with Crippen LogP contribution >= 0.6 is 0 Å². The lowest BCUT2D eigenvalue weighted by molar-refractivity contribution is 0.0139. The van der Waals surface area contributed by atoms with Crippen LogP contribution in [0, 0.1) is 6.92 Å². The third kappa shape index (κ3) is 4.17. The van der Waals surface area contributed by atoms with Gasteiger partial charge in [-0.1, -0.05) is 18.6 Å². The van der Waals surface area contributed by atoms with Crippen LogP contribution in [0.5, 0.6) is 11.5 Å². The Bertz CT molecular complexity index is 1230. The van der Waals surface area contributed by atoms with Gasteiger partial charge in [0.05, 0.1) is 18.1 Å². The van der Waals surface area contributed by atoms with E-state index in [1.54, 1.807) is 6.07 Å². The molecular weight excluding hydrogens is 430 g/mol. The van der Waals surface area contributed by atoms with Crippen molar-refractivity contribution < 1.29 is 23.5 Å². The Hall–Kier alpha value is -3.28. The van der Waals surface area contributed by atoms with Crippen LogP contribution in [-0.4, -0.2) is 23.4 Å². The fraction of sp³-hybridized carbons (Fsp3) is 0.429. The minimum Gasteiger partial charge on any atom is -0.491 e. The molecule has 3 aromatic rings. The number of ether oxygens (including phenoxy) is 2. The molecule has 178 valence electrons. The lowest BCUT2D eigenvalue weighted by atomic mass is 9.78. The van der Waals surface area contributed by atoms with E-state index < -0.39 is 0 Å². The van der Waals surface area contributed by atoms with Gasteiger partial charge in [0.25, 0.3) is 5.91 Å². The minimum atomic E-state index is -0.371. The zero-order chi connectivity index (χ0) is 23.9. The summed E-state index contributed by atoms with van der Waals surface area (Å²) in [6.07, 6.45) is 5.71. The topological polar surface area (TPSA) is 77.8 Å². The maximum Gasteiger partial charge on any atom is 0.287 e. The van der Waals surface area contributed by atoms with Gasteiger partial charge in [0.15, 0.2) is 11.5 Å². The van der Waals surface area contributed by atoms with E-state index in [9.17, 15) is 9.59 Å². The number of nitrogens with one attached hydrogen (secondary N) is 1. The van der Waals surface area contributed by atoms with E-state index in [0.29, 0.717) is 40.8 Å². The number of benzene rings is 2. The average molecular weight is 462 g/mol. The molecule has 0 saturated heterocycles. The predicted molar refractivity (Wildman–Crippen MR) is 130 cm³/mol. The van der Waals surface area contributed by atoms with E-state index >= 15 is 0 Å². The van der Waals surface area contributed by atoms with E-state index in [1.807, 2.05) is 51.1 Å². The van der Waals surface area contributed by atoms with E-state index in [2.05, 4.69) is 5.32 Å². The number of hydrogen-bond donors (Lipinski definition) is 1. The molecule has 1 amide bonds. The van der Waals surface area contributed by atoms with E-state index in [0.717, 1.165) is 37.0 Å². The van der Waals surface area contributed by atoms with Crippen molar-refractivity contribution in [2.24, 2.45) is 0 Å². The highest BCUT2D eigenvalue weighted by Crippen LogP contribution is 2.45. The first kappa shape index (κ1) is 22.5. The number of amides is 1. The van der Waals surface area contributed by atoms with Gasteiger partial charge in [0.2, 0.25) is 0 Å². The van der Waals surface area contributed by atoms with Crippen LogP contribution in [0.2, 0.25) is 0 Å². The Morgan fingerprint density at radius 1 is 1.09 bits per heavy atom. The standard InChI is InChI=1S/C28H31NO5/c1-17(2)32-20-9-7-19(8-10-20)16-29-27(31)26-18(3)24-22(33-26)11-12-23-25(24)21(30)15-28(34-23)13-5-4-6-14-28/h7-12,17H,4-6,13-16H2,1-3H3,(H,29,31). The molecule has 2 aromatic carbocycles. The molecule has 6 heteroatoms. The Kier molecular flexibility index (Phi) is 5.84. The molecule has 1 aromatic heterocycles. The van der Waals surface area contributed by atoms with Crippen molar-refractivity contribution in [3.05, 3.63) is 58.8 Å². The molecule has 1 saturated carbocycles. The van der Waals surface area contributed by atoms with Gasteiger partial charge >= 0.3 is 0 Å². The molecule has 1 aliphatic heterocycles. The van der Waals surface area contributed by atoms with Crippen LogP contribution in [0.1, 0.15) is 84.4 Å². The van der Waals surface area contributed by atoms with Crippen LogP contribution in [-0.2, 0) is 6.54 Å². The molecule has 1 aliphatic carbocycles. The lowest BCUT2D eigenvalue weighted by Gasteiger charge is -2.40. The van der Waals surface area contributed by atoms with Crippen molar-refractivity contribution in [1.29, 1.82) is 0 Å². The number of ketones is 1. The number of fused-ring (bicyclic) bond motifs is 3. The average Bonchev–Trinajstić information content (AvgIpc) is 3.15. The summed E-state index contributed by atoms with van der Waals surface area (Å²) in [6.45, 7) is 6.15. The molecule has 1 spiro atoms. The van der Waals surface area contributed by atoms with Gasteiger partial charge < -0.3 is 19.2 Å². The molecule has 2 aliphatic rings. The number of rotatable bonds is 5. The first-order valence-corrected chi connectivity index (χ1v) is 12.2. The quantitative estimate of drug-likeness (QED) is 0.495. The number of aryl methyl sites for hydroxylation is 1. The van der Waals surface area contributed by atoms with Crippen LogP contribution < -0.4 is 14.8 Å². The molecule has 6 nitrogen and oxygen atoms in total. The summed E-state index contributed by atoms with van der Waals surface area (Å²) in [5.41, 5.74) is 2.34. The molecule has 0 unspecified atom stereocenters. The maximum absolute atomic E-state index is 13.3. The van der Waals surface area contributed by atoms with E-state index in [1.165, 1.54) is 6.42 Å². The van der Waals surface area contributed by atoms with Crippen LogP contribution in [0.25, 0.3) is 11.0 Å². The summed E-state index contributed by atoms with van der Waals surface area (Å²) in [5, 5.41) is 3.61. The number of hydrogen-bond acceptors (Lipinski definition) is 5. The van der Waals surface area contributed by atoms with Crippen molar-refractivity contribution in [1.82, 2.24) is 5.32 Å². The zero-order valence-electron chi connectivity index (χ0n) is 20.0. The summed E-state index contributed by atoms with van der Waals surface area (Å²) in [4.78, 5) is 26.2. The summed E-state index contributed by atoms with van der Waals surface area (Å²) in [5.74, 6) is 1.41. The zero-order valence-corrected chi connectivity index (χ0v) is 20.0. The van der Waals surface area contributed by atoms with Crippen molar-refractivity contribution >= 4 is 22.7 Å². The van der Waals surface area contributed by atoms with E-state index in [-0.39, 0.29) is 29.2 Å². The normalized spacial score (nSPS) is 17.0. The van der Waals surface area contributed by atoms with Gasteiger partial charge in [-0.15, -0.1) is 0 Å². The monoisotopic (exact) mass is 461 g/mol. The van der Waals surface area contributed by atoms with Crippen LogP contribution in [0.4, 0.5) is 0 Å². The summed E-state index contributed by atoms with van der Waals surface area (Å²) >= 11 is 0. The van der Waals surface area contributed by atoms with Gasteiger partial charge in [-0.3, -0.25) is 9.59 Å². The first-order chi connectivity index (χ1) is 16.3. The van der Waals surface area contributed by atoms with Crippen LogP contribution in [0.3, 0.4) is 0 Å². The maximum atomic E-state index is 13.3. The Morgan fingerprint density at radius 3 is 2.53 bits per heavy atom. The minimum absolute atomic E-state index is 0.0771. The second kappa shape index (κ2) is 8.82. The van der Waals surface area contributed by atoms with Crippen molar-refractivity contribution in [3.63, 3.8) is 0 Å². The highest BCUT2D eigenvalue weighted by atomic mass is 16.5. The summed E-state index contributed by atoms with van der Waals surface area (Å²) in [6, 6.07) is 11.3. The molecule has 1 fully saturated rings. The Balaban J connectivity index is 1.37. The molecule has 5 rings (SSSR count). The highest BCUT2D eigenvalue weighted by molar-refractivity contribution is 6.13. The molecule has 0 bridgehead atoms. The Labute approximate surface area is 199 Å². The summed E-state index contributed by atoms with van der Waals surface area (Å²) < 4.78 is 18.0. The molecule has 2 heterocycles. The lowest BCUT2D eigenvalue weighted by Crippen LogP contribution is -2.43. The molecule has 0 atom stereocenters. The van der Waals surface area contributed by atoms with Gasteiger partial charge in [0.1, 0.15) is 22.7 Å². The van der Waals surface area contributed by atoms with Crippen molar-refractivity contribution in [2.75, 3.05) is 0 Å².